The van der Waals surface area contributed by atoms with Crippen molar-refractivity contribution >= 4 is 6.01 Å². The molecular weight excluding hydrogens is 414 g/mol. The summed E-state index contributed by atoms with van der Waals surface area (Å²) in [5.41, 5.74) is 3.02. The van der Waals surface area contributed by atoms with Crippen molar-refractivity contribution in [2.75, 3.05) is 18.0 Å². The van der Waals surface area contributed by atoms with E-state index < -0.39 is 0 Å². The average molecular weight is 450 g/mol. The van der Waals surface area contributed by atoms with Gasteiger partial charge in [0.1, 0.15) is 23.5 Å². The maximum atomic E-state index is 6.03. The fourth-order valence-electron chi connectivity index (χ4n) is 4.21. The summed E-state index contributed by atoms with van der Waals surface area (Å²) in [6, 6.07) is 17.3. The molecule has 0 amide bonds. The van der Waals surface area contributed by atoms with Crippen molar-refractivity contribution in [3.05, 3.63) is 60.4 Å². The number of hydrogen-bond donors (Lipinski definition) is 1. The highest BCUT2D eigenvalue weighted by atomic mass is 16.5. The van der Waals surface area contributed by atoms with Gasteiger partial charge in [-0.25, -0.2) is 0 Å². The predicted octanol–water partition coefficient (Wildman–Crippen LogP) is 5.67. The first-order valence-corrected chi connectivity index (χ1v) is 11.9. The van der Waals surface area contributed by atoms with Gasteiger partial charge in [0.25, 0.3) is 6.01 Å². The minimum absolute atomic E-state index is 0.0906. The van der Waals surface area contributed by atoms with Crippen LogP contribution in [0, 0.1) is 0 Å². The first-order chi connectivity index (χ1) is 16.0. The van der Waals surface area contributed by atoms with Crippen LogP contribution in [0.2, 0.25) is 0 Å². The number of benzene rings is 2. The molecule has 2 heterocycles. The summed E-state index contributed by atoms with van der Waals surface area (Å²) in [7, 11) is 0. The molecule has 0 unspecified atom stereocenters. The number of oxazole rings is 1. The lowest BCUT2D eigenvalue weighted by molar-refractivity contribution is 0.228. The Morgan fingerprint density at radius 2 is 1.61 bits per heavy atom. The SMILES string of the molecule is CC(C)Oc1cc(CN(c2nc(-c3ccccc3)co2)C2CCNCC2)cc(OC(C)C)c1. The summed E-state index contributed by atoms with van der Waals surface area (Å²) in [5, 5.41) is 3.46. The topological polar surface area (TPSA) is 59.8 Å². The lowest BCUT2D eigenvalue weighted by Gasteiger charge is -2.33. The van der Waals surface area contributed by atoms with E-state index in [0.29, 0.717) is 18.6 Å². The maximum absolute atomic E-state index is 6.03. The Bertz CT molecular complexity index is 982. The van der Waals surface area contributed by atoms with Crippen molar-refractivity contribution in [1.82, 2.24) is 10.3 Å². The number of nitrogens with zero attached hydrogens (tertiary/aromatic N) is 2. The highest BCUT2D eigenvalue weighted by Crippen LogP contribution is 2.30. The van der Waals surface area contributed by atoms with Gasteiger partial charge in [-0.3, -0.25) is 0 Å². The van der Waals surface area contributed by atoms with E-state index in [-0.39, 0.29) is 12.2 Å². The van der Waals surface area contributed by atoms with E-state index in [4.69, 9.17) is 18.9 Å². The van der Waals surface area contributed by atoms with Crippen LogP contribution in [-0.2, 0) is 6.54 Å². The zero-order chi connectivity index (χ0) is 23.2. The average Bonchev–Trinajstić information content (AvgIpc) is 3.28. The maximum Gasteiger partial charge on any atom is 0.298 e. The predicted molar refractivity (Wildman–Crippen MR) is 132 cm³/mol. The van der Waals surface area contributed by atoms with Gasteiger partial charge in [-0.2, -0.15) is 4.98 Å². The smallest absolute Gasteiger partial charge is 0.298 e. The Kier molecular flexibility index (Phi) is 7.55. The summed E-state index contributed by atoms with van der Waals surface area (Å²) >= 11 is 0. The normalized spacial score (nSPS) is 14.6. The van der Waals surface area contributed by atoms with Crippen LogP contribution in [-0.4, -0.2) is 36.3 Å². The Morgan fingerprint density at radius 3 is 2.21 bits per heavy atom. The third-order valence-corrected chi connectivity index (χ3v) is 5.59. The summed E-state index contributed by atoms with van der Waals surface area (Å²) < 4.78 is 18.1. The van der Waals surface area contributed by atoms with E-state index in [1.807, 2.05) is 52.0 Å². The molecule has 1 aliphatic heterocycles. The Hall–Kier alpha value is -2.99. The zero-order valence-electron chi connectivity index (χ0n) is 20.1. The van der Waals surface area contributed by atoms with Crippen LogP contribution in [0.25, 0.3) is 11.3 Å². The largest absolute Gasteiger partial charge is 0.491 e. The van der Waals surface area contributed by atoms with E-state index in [1.54, 1.807) is 6.26 Å². The molecule has 0 atom stereocenters. The molecule has 0 aliphatic carbocycles. The van der Waals surface area contributed by atoms with Gasteiger partial charge in [0, 0.05) is 24.2 Å². The fourth-order valence-corrected chi connectivity index (χ4v) is 4.21. The molecule has 1 saturated heterocycles. The fraction of sp³-hybridized carbons (Fsp3) is 0.444. The zero-order valence-corrected chi connectivity index (χ0v) is 20.1. The molecule has 2 aromatic carbocycles. The molecule has 176 valence electrons. The highest BCUT2D eigenvalue weighted by Gasteiger charge is 2.26. The number of nitrogens with one attached hydrogen (secondary N) is 1. The number of aromatic nitrogens is 1. The van der Waals surface area contributed by atoms with Crippen LogP contribution in [0.15, 0.2) is 59.2 Å². The molecule has 6 heteroatoms. The summed E-state index contributed by atoms with van der Waals surface area (Å²) in [6.07, 6.45) is 4.02. The van der Waals surface area contributed by atoms with Gasteiger partial charge in [-0.1, -0.05) is 30.3 Å². The van der Waals surface area contributed by atoms with E-state index in [0.717, 1.165) is 54.3 Å². The van der Waals surface area contributed by atoms with Gasteiger partial charge >= 0.3 is 0 Å². The van der Waals surface area contributed by atoms with Crippen molar-refractivity contribution in [2.45, 2.75) is 65.3 Å². The van der Waals surface area contributed by atoms with Crippen LogP contribution < -0.4 is 19.7 Å². The van der Waals surface area contributed by atoms with Crippen molar-refractivity contribution in [3.63, 3.8) is 0 Å². The van der Waals surface area contributed by atoms with Crippen molar-refractivity contribution in [2.24, 2.45) is 0 Å². The molecule has 1 fully saturated rings. The lowest BCUT2D eigenvalue weighted by Crippen LogP contribution is -2.43. The molecule has 1 aliphatic rings. The molecule has 0 radical (unpaired) electrons. The molecule has 4 rings (SSSR count). The van der Waals surface area contributed by atoms with E-state index in [9.17, 15) is 0 Å². The quantitative estimate of drug-likeness (QED) is 0.454. The number of ether oxygens (including phenoxy) is 2. The van der Waals surface area contributed by atoms with Crippen molar-refractivity contribution < 1.29 is 13.9 Å². The van der Waals surface area contributed by atoms with Gasteiger partial charge in [0.2, 0.25) is 0 Å². The van der Waals surface area contributed by atoms with Gasteiger partial charge in [-0.05, 0) is 71.3 Å². The monoisotopic (exact) mass is 449 g/mol. The van der Waals surface area contributed by atoms with Gasteiger partial charge < -0.3 is 24.1 Å². The molecular formula is C27H35N3O3. The summed E-state index contributed by atoms with van der Waals surface area (Å²) in [5.74, 6) is 1.64. The molecule has 0 spiro atoms. The summed E-state index contributed by atoms with van der Waals surface area (Å²) in [6.45, 7) is 10.8. The van der Waals surface area contributed by atoms with Crippen LogP contribution in [0.5, 0.6) is 11.5 Å². The first kappa shape index (κ1) is 23.2. The van der Waals surface area contributed by atoms with Gasteiger partial charge in [0.05, 0.1) is 12.2 Å². The van der Waals surface area contributed by atoms with E-state index >= 15 is 0 Å². The number of rotatable bonds is 9. The minimum atomic E-state index is 0.0906. The number of hydrogen-bond acceptors (Lipinski definition) is 6. The van der Waals surface area contributed by atoms with Gasteiger partial charge in [-0.15, -0.1) is 0 Å². The molecule has 0 bridgehead atoms. The third-order valence-electron chi connectivity index (χ3n) is 5.59. The molecule has 1 aromatic heterocycles. The molecule has 6 nitrogen and oxygen atoms in total. The number of piperidine rings is 1. The van der Waals surface area contributed by atoms with Crippen LogP contribution in [0.1, 0.15) is 46.1 Å². The van der Waals surface area contributed by atoms with E-state index in [2.05, 4.69) is 34.5 Å². The molecule has 0 saturated carbocycles. The third kappa shape index (κ3) is 6.29. The molecule has 1 N–H and O–H groups in total. The first-order valence-electron chi connectivity index (χ1n) is 11.9. The van der Waals surface area contributed by atoms with Crippen molar-refractivity contribution in [1.29, 1.82) is 0 Å². The second-order valence-corrected chi connectivity index (χ2v) is 9.14. The Morgan fingerprint density at radius 1 is 0.970 bits per heavy atom. The van der Waals surface area contributed by atoms with Crippen LogP contribution in [0.4, 0.5) is 6.01 Å². The molecule has 33 heavy (non-hydrogen) atoms. The number of anilines is 1. The Balaban J connectivity index is 1.65. The minimum Gasteiger partial charge on any atom is -0.491 e. The standard InChI is InChI=1S/C27H35N3O3/c1-19(2)32-24-14-21(15-25(16-24)33-20(3)4)17-30(23-10-12-28-13-11-23)27-29-26(18-31-27)22-8-6-5-7-9-22/h5-9,14-16,18-20,23,28H,10-13,17H2,1-4H3. The second kappa shape index (κ2) is 10.8. The summed E-state index contributed by atoms with van der Waals surface area (Å²) in [4.78, 5) is 7.16. The van der Waals surface area contributed by atoms with Crippen molar-refractivity contribution in [3.8, 4) is 22.8 Å². The van der Waals surface area contributed by atoms with Gasteiger partial charge in [0.15, 0.2) is 0 Å². The lowest BCUT2D eigenvalue weighted by atomic mass is 10.0. The highest BCUT2D eigenvalue weighted by molar-refractivity contribution is 5.59. The second-order valence-electron chi connectivity index (χ2n) is 9.14. The van der Waals surface area contributed by atoms with E-state index in [1.165, 1.54) is 0 Å². The molecule has 3 aromatic rings. The van der Waals surface area contributed by atoms with Crippen LogP contribution in [0.3, 0.4) is 0 Å². The van der Waals surface area contributed by atoms with Crippen LogP contribution >= 0.6 is 0 Å². The Labute approximate surface area is 196 Å².